The van der Waals surface area contributed by atoms with Crippen LogP contribution in [0.2, 0.25) is 0 Å². The van der Waals surface area contributed by atoms with Crippen LogP contribution in [0.3, 0.4) is 0 Å². The highest BCUT2D eigenvalue weighted by Gasteiger charge is 2.19. The van der Waals surface area contributed by atoms with Crippen molar-refractivity contribution in [1.29, 1.82) is 0 Å². The van der Waals surface area contributed by atoms with Crippen LogP contribution in [-0.2, 0) is 6.42 Å². The lowest BCUT2D eigenvalue weighted by molar-refractivity contribution is 0.656. The maximum absolute atomic E-state index is 2.56. The second-order valence-electron chi connectivity index (χ2n) is 6.48. The largest absolute Gasteiger partial charge is 0.371 e. The van der Waals surface area contributed by atoms with E-state index in [0.29, 0.717) is 5.92 Å². The fraction of sp³-hybridized carbons (Fsp3) is 0.429. The second-order valence-corrected chi connectivity index (χ2v) is 6.48. The molecule has 0 radical (unpaired) electrons. The lowest BCUT2D eigenvalue weighted by Gasteiger charge is -2.25. The van der Waals surface area contributed by atoms with Crippen molar-refractivity contribution in [3.8, 4) is 0 Å². The van der Waals surface area contributed by atoms with Gasteiger partial charge in [0.1, 0.15) is 0 Å². The number of hydrogen-bond donors (Lipinski definition) is 0. The van der Waals surface area contributed by atoms with Crippen LogP contribution in [0.25, 0.3) is 0 Å². The Morgan fingerprint density at radius 3 is 2.36 bits per heavy atom. The highest BCUT2D eigenvalue weighted by atomic mass is 15.1. The summed E-state index contributed by atoms with van der Waals surface area (Å²) in [5.74, 6) is 0.616. The Balaban J connectivity index is 1.87. The van der Waals surface area contributed by atoms with E-state index in [1.54, 1.807) is 0 Å². The fourth-order valence-electron chi connectivity index (χ4n) is 3.76. The first-order valence-corrected chi connectivity index (χ1v) is 8.68. The average Bonchev–Trinajstić information content (AvgIpc) is 3.08. The number of anilines is 1. The minimum Gasteiger partial charge on any atom is -0.371 e. The number of rotatable bonds is 5. The van der Waals surface area contributed by atoms with Crippen molar-refractivity contribution >= 4 is 5.69 Å². The Labute approximate surface area is 135 Å². The van der Waals surface area contributed by atoms with Crippen molar-refractivity contribution in [2.24, 2.45) is 0 Å². The van der Waals surface area contributed by atoms with E-state index >= 15 is 0 Å². The van der Waals surface area contributed by atoms with Crippen molar-refractivity contribution in [3.63, 3.8) is 0 Å². The maximum Gasteiger partial charge on any atom is 0.0398 e. The quantitative estimate of drug-likeness (QED) is 0.720. The first-order chi connectivity index (χ1) is 10.8. The van der Waals surface area contributed by atoms with Gasteiger partial charge >= 0.3 is 0 Å². The van der Waals surface area contributed by atoms with E-state index in [1.165, 1.54) is 54.7 Å². The maximum atomic E-state index is 2.56. The summed E-state index contributed by atoms with van der Waals surface area (Å²) in [6.07, 6.45) is 5.01. The molecule has 1 saturated heterocycles. The molecule has 1 heterocycles. The molecule has 116 valence electrons. The standard InChI is InChI=1S/C21H27N/c1-3-19(16-18-10-5-4-6-11-18)20-12-9-13-21(17(20)2)22-14-7-8-15-22/h4-6,9-13,19H,3,7-8,14-16H2,1-2H3. The van der Waals surface area contributed by atoms with Crippen LogP contribution in [0.5, 0.6) is 0 Å². The molecule has 0 aromatic heterocycles. The van der Waals surface area contributed by atoms with Gasteiger partial charge in [-0.05, 0) is 61.3 Å². The van der Waals surface area contributed by atoms with Crippen LogP contribution in [0.4, 0.5) is 5.69 Å². The Morgan fingerprint density at radius 2 is 1.68 bits per heavy atom. The average molecular weight is 293 g/mol. The van der Waals surface area contributed by atoms with Crippen LogP contribution in [0, 0.1) is 6.92 Å². The van der Waals surface area contributed by atoms with Gasteiger partial charge in [0.25, 0.3) is 0 Å². The molecule has 0 amide bonds. The fourth-order valence-corrected chi connectivity index (χ4v) is 3.76. The lowest BCUT2D eigenvalue weighted by atomic mass is 9.86. The van der Waals surface area contributed by atoms with Crippen LogP contribution < -0.4 is 4.90 Å². The lowest BCUT2D eigenvalue weighted by Crippen LogP contribution is -2.19. The van der Waals surface area contributed by atoms with E-state index < -0.39 is 0 Å². The van der Waals surface area contributed by atoms with Gasteiger partial charge in [-0.2, -0.15) is 0 Å². The van der Waals surface area contributed by atoms with Crippen molar-refractivity contribution in [2.75, 3.05) is 18.0 Å². The number of nitrogens with zero attached hydrogens (tertiary/aromatic N) is 1. The molecule has 22 heavy (non-hydrogen) atoms. The molecule has 2 aromatic rings. The zero-order chi connectivity index (χ0) is 15.4. The van der Waals surface area contributed by atoms with Crippen molar-refractivity contribution in [2.45, 2.75) is 45.4 Å². The van der Waals surface area contributed by atoms with Crippen molar-refractivity contribution in [3.05, 3.63) is 65.2 Å². The van der Waals surface area contributed by atoms with Crippen LogP contribution in [0.15, 0.2) is 48.5 Å². The van der Waals surface area contributed by atoms with E-state index in [0.717, 1.165) is 6.42 Å². The molecule has 3 rings (SSSR count). The van der Waals surface area contributed by atoms with Crippen LogP contribution >= 0.6 is 0 Å². The molecule has 2 aromatic carbocycles. The summed E-state index contributed by atoms with van der Waals surface area (Å²) in [7, 11) is 0. The topological polar surface area (TPSA) is 3.24 Å². The Hall–Kier alpha value is -1.76. The van der Waals surface area contributed by atoms with Gasteiger partial charge in [0.15, 0.2) is 0 Å². The van der Waals surface area contributed by atoms with Crippen LogP contribution in [-0.4, -0.2) is 13.1 Å². The SMILES string of the molecule is CCC(Cc1ccccc1)c1cccc(N2CCCC2)c1C. The Bertz CT molecular complexity index is 597. The third-order valence-electron chi connectivity index (χ3n) is 5.05. The van der Waals surface area contributed by atoms with Crippen LogP contribution in [0.1, 0.15) is 48.8 Å². The molecule has 1 atom stereocenters. The first kappa shape index (κ1) is 15.1. The van der Waals surface area contributed by atoms with Gasteiger partial charge in [-0.25, -0.2) is 0 Å². The predicted molar refractivity (Wildman–Crippen MR) is 95.8 cm³/mol. The Morgan fingerprint density at radius 1 is 0.955 bits per heavy atom. The molecule has 1 fully saturated rings. The molecule has 1 aliphatic heterocycles. The minimum absolute atomic E-state index is 0.616. The van der Waals surface area contributed by atoms with Gasteiger partial charge < -0.3 is 4.90 Å². The summed E-state index contributed by atoms with van der Waals surface area (Å²) >= 11 is 0. The molecule has 0 spiro atoms. The molecular weight excluding hydrogens is 266 g/mol. The zero-order valence-electron chi connectivity index (χ0n) is 13.9. The summed E-state index contributed by atoms with van der Waals surface area (Å²) in [5.41, 5.74) is 5.93. The van der Waals surface area contributed by atoms with Crippen molar-refractivity contribution in [1.82, 2.24) is 0 Å². The van der Waals surface area contributed by atoms with Gasteiger partial charge in [-0.3, -0.25) is 0 Å². The summed E-state index contributed by atoms with van der Waals surface area (Å²) in [6, 6.07) is 17.8. The normalized spacial score (nSPS) is 16.0. The van der Waals surface area contributed by atoms with Crippen molar-refractivity contribution < 1.29 is 0 Å². The van der Waals surface area contributed by atoms with Gasteiger partial charge in [0.05, 0.1) is 0 Å². The third kappa shape index (κ3) is 3.19. The van der Waals surface area contributed by atoms with Gasteiger partial charge in [-0.1, -0.05) is 49.4 Å². The summed E-state index contributed by atoms with van der Waals surface area (Å²) in [6.45, 7) is 7.08. The van der Waals surface area contributed by atoms with Gasteiger partial charge in [0.2, 0.25) is 0 Å². The third-order valence-corrected chi connectivity index (χ3v) is 5.05. The van der Waals surface area contributed by atoms with Gasteiger partial charge in [-0.15, -0.1) is 0 Å². The highest BCUT2D eigenvalue weighted by Crippen LogP contribution is 2.33. The smallest absolute Gasteiger partial charge is 0.0398 e. The van der Waals surface area contributed by atoms with E-state index in [1.807, 2.05) is 0 Å². The molecule has 0 aliphatic carbocycles. The van der Waals surface area contributed by atoms with E-state index in [2.05, 4.69) is 67.3 Å². The molecule has 1 unspecified atom stereocenters. The number of hydrogen-bond acceptors (Lipinski definition) is 1. The Kier molecular flexibility index (Phi) is 4.82. The molecule has 1 aliphatic rings. The second kappa shape index (κ2) is 7.00. The predicted octanol–water partition coefficient (Wildman–Crippen LogP) is 5.33. The molecule has 0 bridgehead atoms. The summed E-state index contributed by atoms with van der Waals surface area (Å²) in [5, 5.41) is 0. The molecule has 1 heteroatoms. The van der Waals surface area contributed by atoms with E-state index in [-0.39, 0.29) is 0 Å². The van der Waals surface area contributed by atoms with E-state index in [4.69, 9.17) is 0 Å². The summed E-state index contributed by atoms with van der Waals surface area (Å²) in [4.78, 5) is 2.56. The summed E-state index contributed by atoms with van der Waals surface area (Å²) < 4.78 is 0. The first-order valence-electron chi connectivity index (χ1n) is 8.68. The highest BCUT2D eigenvalue weighted by molar-refractivity contribution is 5.57. The minimum atomic E-state index is 0.616. The van der Waals surface area contributed by atoms with E-state index in [9.17, 15) is 0 Å². The number of benzene rings is 2. The van der Waals surface area contributed by atoms with Gasteiger partial charge in [0, 0.05) is 18.8 Å². The molecule has 0 saturated carbocycles. The molecular formula is C21H27N. The molecule has 1 nitrogen and oxygen atoms in total. The zero-order valence-corrected chi connectivity index (χ0v) is 13.9. The molecule has 0 N–H and O–H groups in total. The monoisotopic (exact) mass is 293 g/mol.